The summed E-state index contributed by atoms with van der Waals surface area (Å²) in [5.74, 6) is 0.0782. The molecule has 0 N–H and O–H groups in total. The average molecular weight is 303 g/mol. The molecule has 3 aromatic rings. The molecule has 0 bridgehead atoms. The maximum atomic E-state index is 12.8. The van der Waals surface area contributed by atoms with Crippen LogP contribution in [0.3, 0.4) is 0 Å². The van der Waals surface area contributed by atoms with E-state index in [2.05, 4.69) is 12.1 Å². The second kappa shape index (κ2) is 5.15. The second-order valence-corrected chi connectivity index (χ2v) is 5.93. The molecule has 0 amide bonds. The molecular weight excluding hydrogens is 290 g/mol. The van der Waals surface area contributed by atoms with Crippen molar-refractivity contribution in [1.29, 1.82) is 0 Å². The maximum Gasteiger partial charge on any atom is 0.243 e. The van der Waals surface area contributed by atoms with Crippen LogP contribution in [-0.2, 0) is 0 Å². The van der Waals surface area contributed by atoms with E-state index in [1.54, 1.807) is 6.07 Å². The van der Waals surface area contributed by atoms with Crippen LogP contribution in [0.4, 0.5) is 0 Å². The van der Waals surface area contributed by atoms with Crippen molar-refractivity contribution in [2.24, 2.45) is 0 Å². The third kappa shape index (κ3) is 1.99. The number of hydrogen-bond donors (Lipinski definition) is 0. The van der Waals surface area contributed by atoms with Crippen LogP contribution < -0.4 is 16.4 Å². The van der Waals surface area contributed by atoms with Gasteiger partial charge in [-0.15, -0.1) is 0 Å². The predicted octanol–water partition coefficient (Wildman–Crippen LogP) is 2.40. The summed E-state index contributed by atoms with van der Waals surface area (Å²) in [6, 6.07) is 23.6. The topological polar surface area (TPSA) is 17.1 Å². The quantitative estimate of drug-likeness (QED) is 0.494. The van der Waals surface area contributed by atoms with Gasteiger partial charge in [0.2, 0.25) is 6.71 Å². The molecule has 22 heavy (non-hydrogen) atoms. The molecule has 0 spiro atoms. The van der Waals surface area contributed by atoms with Crippen molar-refractivity contribution in [3.05, 3.63) is 88.9 Å². The molecule has 0 radical (unpaired) electrons. The normalized spacial score (nSPS) is 12.8. The lowest BCUT2D eigenvalue weighted by atomic mass is 9.33. The number of hydrogen-bond acceptors (Lipinski definition) is 1. The third-order valence-corrected chi connectivity index (χ3v) is 4.45. The summed E-state index contributed by atoms with van der Waals surface area (Å²) in [5.41, 5.74) is 4.74. The van der Waals surface area contributed by atoms with E-state index in [4.69, 9.17) is 11.6 Å². The van der Waals surface area contributed by atoms with Gasteiger partial charge in [-0.25, -0.2) is 0 Å². The van der Waals surface area contributed by atoms with Gasteiger partial charge in [0.25, 0.3) is 0 Å². The molecule has 0 atom stereocenters. The van der Waals surface area contributed by atoms with Crippen molar-refractivity contribution in [2.75, 3.05) is 0 Å². The van der Waals surface area contributed by atoms with E-state index < -0.39 is 0 Å². The highest BCUT2D eigenvalue weighted by Crippen LogP contribution is 2.17. The van der Waals surface area contributed by atoms with Crippen LogP contribution in [0, 0.1) is 0 Å². The van der Waals surface area contributed by atoms with Gasteiger partial charge in [0.05, 0.1) is 0 Å². The van der Waals surface area contributed by atoms with Crippen molar-refractivity contribution in [3.8, 4) is 0 Å². The highest BCUT2D eigenvalue weighted by molar-refractivity contribution is 6.98. The Morgan fingerprint density at radius 2 is 1.41 bits per heavy atom. The molecule has 104 valence electrons. The Morgan fingerprint density at radius 1 is 0.727 bits per heavy atom. The first kappa shape index (κ1) is 13.4. The summed E-state index contributed by atoms with van der Waals surface area (Å²) in [7, 11) is 0. The monoisotopic (exact) mass is 302 g/mol. The summed E-state index contributed by atoms with van der Waals surface area (Å²) in [5, 5.41) is 0.659. The standard InChI is InChI=1S/C19H12BClO/c21-14-10-11-16-18(12-14)20(13-6-2-1-3-7-13)17-9-5-4-8-15(17)19(16)22/h1-12H. The Bertz CT molecular complexity index is 874. The van der Waals surface area contributed by atoms with Gasteiger partial charge in [0.1, 0.15) is 0 Å². The van der Waals surface area contributed by atoms with Crippen LogP contribution in [0.1, 0.15) is 15.9 Å². The van der Waals surface area contributed by atoms with Gasteiger partial charge >= 0.3 is 0 Å². The summed E-state index contributed by atoms with van der Waals surface area (Å²) >= 11 is 6.19. The minimum atomic E-state index is 0.0452. The number of carbonyl (C=O) groups excluding carboxylic acids is 1. The Labute approximate surface area is 134 Å². The molecule has 0 aliphatic carbocycles. The van der Waals surface area contributed by atoms with Crippen molar-refractivity contribution >= 4 is 40.5 Å². The summed E-state index contributed by atoms with van der Waals surface area (Å²) in [6.45, 7) is 0.0452. The van der Waals surface area contributed by atoms with E-state index in [1.165, 1.54) is 5.46 Å². The number of halogens is 1. The van der Waals surface area contributed by atoms with Crippen molar-refractivity contribution in [2.45, 2.75) is 0 Å². The lowest BCUT2D eigenvalue weighted by Gasteiger charge is -2.25. The van der Waals surface area contributed by atoms with E-state index in [9.17, 15) is 4.79 Å². The molecule has 1 aliphatic heterocycles. The zero-order valence-corrected chi connectivity index (χ0v) is 12.5. The van der Waals surface area contributed by atoms with E-state index in [0.29, 0.717) is 5.02 Å². The number of ketones is 1. The molecule has 1 heterocycles. The maximum absolute atomic E-state index is 12.8. The van der Waals surface area contributed by atoms with Crippen molar-refractivity contribution in [1.82, 2.24) is 0 Å². The fourth-order valence-electron chi connectivity index (χ4n) is 3.25. The molecule has 1 aliphatic rings. The average Bonchev–Trinajstić information content (AvgIpc) is 2.56. The third-order valence-electron chi connectivity index (χ3n) is 4.22. The number of benzene rings is 3. The fourth-order valence-corrected chi connectivity index (χ4v) is 3.43. The Morgan fingerprint density at radius 3 is 2.23 bits per heavy atom. The smallest absolute Gasteiger partial charge is 0.243 e. The van der Waals surface area contributed by atoms with Gasteiger partial charge in [0, 0.05) is 16.1 Å². The zero-order chi connectivity index (χ0) is 15.1. The van der Waals surface area contributed by atoms with Crippen LogP contribution in [0.2, 0.25) is 5.02 Å². The largest absolute Gasteiger partial charge is 0.289 e. The van der Waals surface area contributed by atoms with E-state index in [1.807, 2.05) is 54.6 Å². The molecule has 0 fully saturated rings. The van der Waals surface area contributed by atoms with Crippen LogP contribution in [0.15, 0.2) is 72.8 Å². The molecule has 0 saturated carbocycles. The Balaban J connectivity index is 2.04. The molecule has 0 aromatic heterocycles. The van der Waals surface area contributed by atoms with Gasteiger partial charge in [-0.3, -0.25) is 4.79 Å². The molecule has 0 saturated heterocycles. The lowest BCUT2D eigenvalue weighted by molar-refractivity contribution is 0.104. The van der Waals surface area contributed by atoms with Crippen LogP contribution in [0.25, 0.3) is 0 Å². The highest BCUT2D eigenvalue weighted by Gasteiger charge is 2.34. The van der Waals surface area contributed by atoms with Gasteiger partial charge in [-0.1, -0.05) is 88.7 Å². The van der Waals surface area contributed by atoms with Gasteiger partial charge in [-0.2, -0.15) is 0 Å². The number of rotatable bonds is 1. The van der Waals surface area contributed by atoms with Gasteiger partial charge < -0.3 is 0 Å². The van der Waals surface area contributed by atoms with E-state index in [-0.39, 0.29) is 12.5 Å². The van der Waals surface area contributed by atoms with Gasteiger partial charge in [-0.05, 0) is 12.1 Å². The predicted molar refractivity (Wildman–Crippen MR) is 92.4 cm³/mol. The Hall–Kier alpha value is -2.32. The molecular formula is C19H12BClO. The molecule has 4 rings (SSSR count). The minimum absolute atomic E-state index is 0.0452. The summed E-state index contributed by atoms with van der Waals surface area (Å²) in [6.07, 6.45) is 0. The summed E-state index contributed by atoms with van der Waals surface area (Å²) in [4.78, 5) is 12.8. The first-order valence-electron chi connectivity index (χ1n) is 7.24. The molecule has 0 unspecified atom stereocenters. The van der Waals surface area contributed by atoms with Crippen LogP contribution in [0.5, 0.6) is 0 Å². The zero-order valence-electron chi connectivity index (χ0n) is 11.8. The van der Waals surface area contributed by atoms with Crippen molar-refractivity contribution < 1.29 is 4.79 Å². The minimum Gasteiger partial charge on any atom is -0.289 e. The first-order valence-corrected chi connectivity index (χ1v) is 7.61. The fraction of sp³-hybridized carbons (Fsp3) is 0. The second-order valence-electron chi connectivity index (χ2n) is 5.49. The number of fused-ring (bicyclic) bond motifs is 2. The highest BCUT2D eigenvalue weighted by atomic mass is 35.5. The number of carbonyl (C=O) groups is 1. The van der Waals surface area contributed by atoms with E-state index >= 15 is 0 Å². The SMILES string of the molecule is O=C1c2ccccc2B(c2ccccc2)c2cc(Cl)ccc21. The molecule has 1 nitrogen and oxygen atoms in total. The van der Waals surface area contributed by atoms with Gasteiger partial charge in [0.15, 0.2) is 5.78 Å². The molecule has 3 aromatic carbocycles. The van der Waals surface area contributed by atoms with Crippen LogP contribution >= 0.6 is 11.6 Å². The van der Waals surface area contributed by atoms with E-state index in [0.717, 1.165) is 22.1 Å². The van der Waals surface area contributed by atoms with Crippen LogP contribution in [-0.4, -0.2) is 12.5 Å². The first-order chi connectivity index (χ1) is 10.8. The summed E-state index contributed by atoms with van der Waals surface area (Å²) < 4.78 is 0. The van der Waals surface area contributed by atoms with Crippen molar-refractivity contribution in [3.63, 3.8) is 0 Å². The molecule has 3 heteroatoms. The lowest BCUT2D eigenvalue weighted by Crippen LogP contribution is -2.58. The Kier molecular flexibility index (Phi) is 3.13.